The van der Waals surface area contributed by atoms with Gasteiger partial charge < -0.3 is 19.5 Å². The number of rotatable bonds is 6. The number of hydrogen-bond donors (Lipinski definition) is 1. The molecule has 2 aromatic rings. The number of esters is 1. The molecule has 4 rings (SSSR count). The van der Waals surface area contributed by atoms with Crippen LogP contribution in [0, 0.1) is 0 Å². The third-order valence-electron chi connectivity index (χ3n) is 6.02. The van der Waals surface area contributed by atoms with Crippen LogP contribution < -0.4 is 14.8 Å². The first-order valence-corrected chi connectivity index (χ1v) is 11.6. The highest BCUT2D eigenvalue weighted by Crippen LogP contribution is 2.47. The number of Topliss-reactive ketones (excluding diaryl/α,β-unsaturated/α-hetero) is 1. The Labute approximate surface area is 201 Å². The standard InChI is InChI=1S/C26H26BrNO5/c1-15-23(26(30)33-14-16-8-5-4-6-9-16)24(25-19(28-15)10-7-11-20(25)29)17-12-21(31-2)22(32-3)13-18(17)27/h4-6,8-9,12-13,24,28H,7,10-11,14H2,1-3H3. The van der Waals surface area contributed by atoms with E-state index in [0.29, 0.717) is 34.8 Å². The molecule has 2 aliphatic rings. The molecule has 6 nitrogen and oxygen atoms in total. The number of carbonyl (C=O) groups is 2. The Kier molecular flexibility index (Phi) is 6.88. The van der Waals surface area contributed by atoms with Gasteiger partial charge in [-0.25, -0.2) is 4.79 Å². The highest BCUT2D eigenvalue weighted by molar-refractivity contribution is 9.10. The van der Waals surface area contributed by atoms with Crippen molar-refractivity contribution >= 4 is 27.7 Å². The number of ether oxygens (including phenoxy) is 3. The van der Waals surface area contributed by atoms with E-state index >= 15 is 0 Å². The summed E-state index contributed by atoms with van der Waals surface area (Å²) in [4.78, 5) is 26.5. The minimum atomic E-state index is -0.577. The lowest BCUT2D eigenvalue weighted by Gasteiger charge is -2.34. The van der Waals surface area contributed by atoms with Gasteiger partial charge >= 0.3 is 5.97 Å². The fourth-order valence-electron chi connectivity index (χ4n) is 4.46. The summed E-state index contributed by atoms with van der Waals surface area (Å²) in [5, 5.41) is 3.31. The molecule has 1 aliphatic heterocycles. The molecule has 7 heteroatoms. The average molecular weight is 512 g/mol. The molecule has 0 fully saturated rings. The molecule has 0 radical (unpaired) electrons. The van der Waals surface area contributed by atoms with Crippen LogP contribution in [0.3, 0.4) is 0 Å². The molecule has 33 heavy (non-hydrogen) atoms. The van der Waals surface area contributed by atoms with Crippen molar-refractivity contribution in [2.75, 3.05) is 14.2 Å². The highest BCUT2D eigenvalue weighted by atomic mass is 79.9. The number of allylic oxidation sites excluding steroid dienone is 3. The monoisotopic (exact) mass is 511 g/mol. The first kappa shape index (κ1) is 23.1. The van der Waals surface area contributed by atoms with Gasteiger partial charge in [0.05, 0.1) is 19.8 Å². The topological polar surface area (TPSA) is 73.9 Å². The summed E-state index contributed by atoms with van der Waals surface area (Å²) in [5.41, 5.74) is 4.25. The van der Waals surface area contributed by atoms with Crippen molar-refractivity contribution in [2.45, 2.75) is 38.7 Å². The van der Waals surface area contributed by atoms with Crippen molar-refractivity contribution in [3.05, 3.63) is 80.6 Å². The van der Waals surface area contributed by atoms with Crippen molar-refractivity contribution in [3.8, 4) is 11.5 Å². The lowest BCUT2D eigenvalue weighted by molar-refractivity contribution is -0.140. The maximum absolute atomic E-state index is 13.4. The van der Waals surface area contributed by atoms with Crippen molar-refractivity contribution in [3.63, 3.8) is 0 Å². The second kappa shape index (κ2) is 9.83. The van der Waals surface area contributed by atoms with Gasteiger partial charge in [-0.3, -0.25) is 4.79 Å². The Morgan fingerprint density at radius 1 is 1.09 bits per heavy atom. The van der Waals surface area contributed by atoms with Crippen LogP contribution in [0.15, 0.2) is 69.5 Å². The van der Waals surface area contributed by atoms with Gasteiger partial charge in [0.15, 0.2) is 17.3 Å². The molecule has 0 bridgehead atoms. The van der Waals surface area contributed by atoms with Crippen molar-refractivity contribution in [1.82, 2.24) is 5.32 Å². The van der Waals surface area contributed by atoms with Crippen LogP contribution in [-0.2, 0) is 20.9 Å². The SMILES string of the molecule is COc1cc(Br)c(C2C(C(=O)OCc3ccccc3)=C(C)NC3=C2C(=O)CCC3)cc1OC. The second-order valence-electron chi connectivity index (χ2n) is 8.06. The van der Waals surface area contributed by atoms with E-state index in [1.807, 2.05) is 43.3 Å². The lowest BCUT2D eigenvalue weighted by atomic mass is 9.75. The van der Waals surface area contributed by atoms with E-state index in [0.717, 1.165) is 34.1 Å². The summed E-state index contributed by atoms with van der Waals surface area (Å²) in [6.07, 6.45) is 1.99. The zero-order valence-electron chi connectivity index (χ0n) is 18.9. The summed E-state index contributed by atoms with van der Waals surface area (Å²) in [5.74, 6) is 0.0812. The Morgan fingerprint density at radius 3 is 2.48 bits per heavy atom. The number of hydrogen-bond acceptors (Lipinski definition) is 6. The van der Waals surface area contributed by atoms with Gasteiger partial charge in [-0.15, -0.1) is 0 Å². The summed E-state index contributed by atoms with van der Waals surface area (Å²) in [6, 6.07) is 13.1. The van der Waals surface area contributed by atoms with Gasteiger partial charge in [0.25, 0.3) is 0 Å². The maximum Gasteiger partial charge on any atom is 0.337 e. The predicted molar refractivity (Wildman–Crippen MR) is 128 cm³/mol. The largest absolute Gasteiger partial charge is 0.493 e. The quantitative estimate of drug-likeness (QED) is 0.538. The molecule has 0 saturated carbocycles. The molecule has 1 unspecified atom stereocenters. The van der Waals surface area contributed by atoms with Crippen LogP contribution >= 0.6 is 15.9 Å². The van der Waals surface area contributed by atoms with Crippen molar-refractivity contribution < 1.29 is 23.8 Å². The number of ketones is 1. The minimum absolute atomic E-state index is 0.0382. The maximum atomic E-state index is 13.4. The van der Waals surface area contributed by atoms with E-state index in [-0.39, 0.29) is 12.4 Å². The third kappa shape index (κ3) is 4.55. The minimum Gasteiger partial charge on any atom is -0.493 e. The highest BCUT2D eigenvalue weighted by Gasteiger charge is 2.40. The van der Waals surface area contributed by atoms with Crippen LogP contribution in [-0.4, -0.2) is 26.0 Å². The first-order valence-electron chi connectivity index (χ1n) is 10.8. The number of methoxy groups -OCH3 is 2. The van der Waals surface area contributed by atoms with Gasteiger partial charge in [0.2, 0.25) is 0 Å². The van der Waals surface area contributed by atoms with E-state index in [1.54, 1.807) is 20.3 Å². The molecule has 0 aromatic heterocycles. The van der Waals surface area contributed by atoms with Crippen molar-refractivity contribution in [2.24, 2.45) is 0 Å². The number of benzene rings is 2. The summed E-state index contributed by atoms with van der Waals surface area (Å²) >= 11 is 3.63. The predicted octanol–water partition coefficient (Wildman–Crippen LogP) is 5.18. The van der Waals surface area contributed by atoms with Gasteiger partial charge in [-0.1, -0.05) is 46.3 Å². The van der Waals surface area contributed by atoms with Gasteiger partial charge in [-0.2, -0.15) is 0 Å². The van der Waals surface area contributed by atoms with E-state index in [9.17, 15) is 9.59 Å². The Bertz CT molecular complexity index is 1150. The third-order valence-corrected chi connectivity index (χ3v) is 6.71. The fourth-order valence-corrected chi connectivity index (χ4v) is 5.01. The molecule has 1 N–H and O–H groups in total. The molecular formula is C26H26BrNO5. The Morgan fingerprint density at radius 2 is 1.79 bits per heavy atom. The van der Waals surface area contributed by atoms with Crippen LogP contribution in [0.2, 0.25) is 0 Å². The molecule has 1 aliphatic carbocycles. The molecule has 2 aromatic carbocycles. The molecular weight excluding hydrogens is 486 g/mol. The number of carbonyl (C=O) groups excluding carboxylic acids is 2. The number of nitrogens with one attached hydrogen (secondary N) is 1. The first-order chi connectivity index (χ1) is 15.9. The van der Waals surface area contributed by atoms with E-state index < -0.39 is 11.9 Å². The molecule has 172 valence electrons. The van der Waals surface area contributed by atoms with E-state index in [2.05, 4.69) is 21.2 Å². The van der Waals surface area contributed by atoms with Crippen molar-refractivity contribution in [1.29, 1.82) is 0 Å². The normalized spacial score (nSPS) is 17.9. The van der Waals surface area contributed by atoms with Gasteiger partial charge in [0, 0.05) is 33.8 Å². The van der Waals surface area contributed by atoms with Crippen LogP contribution in [0.5, 0.6) is 11.5 Å². The molecule has 1 heterocycles. The summed E-state index contributed by atoms with van der Waals surface area (Å²) in [6.45, 7) is 2.00. The van der Waals surface area contributed by atoms with Crippen LogP contribution in [0.1, 0.15) is 43.2 Å². The summed E-state index contributed by atoms with van der Waals surface area (Å²) < 4.78 is 17.4. The number of halogens is 1. The van der Waals surface area contributed by atoms with E-state index in [4.69, 9.17) is 14.2 Å². The van der Waals surface area contributed by atoms with Crippen LogP contribution in [0.4, 0.5) is 0 Å². The lowest BCUT2D eigenvalue weighted by Crippen LogP contribution is -2.34. The van der Waals surface area contributed by atoms with E-state index in [1.165, 1.54) is 0 Å². The average Bonchev–Trinajstić information content (AvgIpc) is 2.82. The smallest absolute Gasteiger partial charge is 0.337 e. The second-order valence-corrected chi connectivity index (χ2v) is 8.91. The number of dihydropyridines is 1. The Hall–Kier alpha value is -3.06. The van der Waals surface area contributed by atoms with Gasteiger partial charge in [-0.05, 0) is 43.0 Å². The fraction of sp³-hybridized carbons (Fsp3) is 0.308. The van der Waals surface area contributed by atoms with Gasteiger partial charge in [0.1, 0.15) is 6.61 Å². The van der Waals surface area contributed by atoms with Crippen LogP contribution in [0.25, 0.3) is 0 Å². The summed E-state index contributed by atoms with van der Waals surface area (Å²) in [7, 11) is 3.13. The zero-order chi connectivity index (χ0) is 23.5. The zero-order valence-corrected chi connectivity index (χ0v) is 20.5. The molecule has 1 atom stereocenters. The molecule has 0 spiro atoms. The Balaban J connectivity index is 1.79. The molecule has 0 saturated heterocycles. The molecule has 0 amide bonds.